The molecule has 0 unspecified atom stereocenters. The van der Waals surface area contributed by atoms with E-state index in [4.69, 9.17) is 10.5 Å². The number of nitrogens with two attached hydrogens (primary N) is 1. The van der Waals surface area contributed by atoms with Crippen molar-refractivity contribution in [1.82, 2.24) is 14.9 Å². The number of amides is 3. The molecule has 158 valence electrons. The number of para-hydroxylation sites is 1. The van der Waals surface area contributed by atoms with Crippen LogP contribution in [-0.4, -0.2) is 39.5 Å². The highest BCUT2D eigenvalue weighted by atomic mass is 32.2. The SMILES string of the molecule is CC(C)OCCCn1c(S[C@H](C(=O)NC(N)=O)C(C)C)nc2ccccc2c1=O. The molecule has 2 aromatic rings. The van der Waals surface area contributed by atoms with E-state index in [0.717, 1.165) is 11.8 Å². The lowest BCUT2D eigenvalue weighted by atomic mass is 10.1. The summed E-state index contributed by atoms with van der Waals surface area (Å²) in [5.41, 5.74) is 5.49. The molecule has 1 heterocycles. The Labute approximate surface area is 174 Å². The van der Waals surface area contributed by atoms with Gasteiger partial charge in [0.15, 0.2) is 5.16 Å². The van der Waals surface area contributed by atoms with Gasteiger partial charge < -0.3 is 10.5 Å². The highest BCUT2D eigenvalue weighted by Gasteiger charge is 2.27. The number of hydrogen-bond donors (Lipinski definition) is 2. The normalized spacial score (nSPS) is 12.5. The average Bonchev–Trinajstić information content (AvgIpc) is 2.63. The second-order valence-electron chi connectivity index (χ2n) is 7.28. The summed E-state index contributed by atoms with van der Waals surface area (Å²) in [6.07, 6.45) is 0.740. The van der Waals surface area contributed by atoms with Gasteiger partial charge >= 0.3 is 6.03 Å². The Kier molecular flexibility index (Phi) is 8.21. The van der Waals surface area contributed by atoms with Crippen LogP contribution in [0.25, 0.3) is 10.9 Å². The topological polar surface area (TPSA) is 116 Å². The Morgan fingerprint density at radius 2 is 1.93 bits per heavy atom. The van der Waals surface area contributed by atoms with Gasteiger partial charge in [0.1, 0.15) is 0 Å². The van der Waals surface area contributed by atoms with Crippen LogP contribution >= 0.6 is 11.8 Å². The summed E-state index contributed by atoms with van der Waals surface area (Å²) in [6.45, 7) is 8.55. The minimum atomic E-state index is -0.907. The van der Waals surface area contributed by atoms with E-state index in [2.05, 4.69) is 10.3 Å². The molecule has 0 aliphatic rings. The number of rotatable bonds is 9. The number of nitrogens with one attached hydrogen (secondary N) is 1. The largest absolute Gasteiger partial charge is 0.379 e. The van der Waals surface area contributed by atoms with Crippen LogP contribution in [0.15, 0.2) is 34.2 Å². The molecule has 9 heteroatoms. The van der Waals surface area contributed by atoms with Crippen molar-refractivity contribution in [3.8, 4) is 0 Å². The standard InChI is InChI=1S/C20H28N4O4S/c1-12(2)16(17(25)23-19(21)27)29-20-22-15-9-6-5-8-14(15)18(26)24(20)10-7-11-28-13(3)4/h5-6,8-9,12-13,16H,7,10-11H2,1-4H3,(H3,21,23,25,27)/t16-/m0/s1. The van der Waals surface area contributed by atoms with Gasteiger partial charge in [-0.05, 0) is 38.3 Å². The number of carbonyl (C=O) groups is 2. The molecule has 3 amide bonds. The molecule has 2 rings (SSSR count). The number of primary amides is 1. The molecule has 0 bridgehead atoms. The van der Waals surface area contributed by atoms with Crippen LogP contribution in [-0.2, 0) is 16.1 Å². The second-order valence-corrected chi connectivity index (χ2v) is 8.39. The zero-order valence-electron chi connectivity index (χ0n) is 17.2. The summed E-state index contributed by atoms with van der Waals surface area (Å²) >= 11 is 1.16. The molecular weight excluding hydrogens is 392 g/mol. The molecule has 3 N–H and O–H groups in total. The van der Waals surface area contributed by atoms with Crippen molar-refractivity contribution < 1.29 is 14.3 Å². The van der Waals surface area contributed by atoms with Crippen LogP contribution in [0.2, 0.25) is 0 Å². The summed E-state index contributed by atoms with van der Waals surface area (Å²) in [6, 6.07) is 6.20. The van der Waals surface area contributed by atoms with Crippen LogP contribution in [0.4, 0.5) is 4.79 Å². The smallest absolute Gasteiger partial charge is 0.318 e. The molecule has 0 radical (unpaired) electrons. The van der Waals surface area contributed by atoms with Crippen molar-refractivity contribution in [2.75, 3.05) is 6.61 Å². The van der Waals surface area contributed by atoms with Gasteiger partial charge in [0.25, 0.3) is 5.56 Å². The number of carbonyl (C=O) groups excluding carboxylic acids is 2. The first kappa shape index (κ1) is 22.9. The molecular formula is C20H28N4O4S. The van der Waals surface area contributed by atoms with Crippen LogP contribution in [0.5, 0.6) is 0 Å². The third-order valence-corrected chi connectivity index (χ3v) is 5.68. The first-order chi connectivity index (χ1) is 13.7. The van der Waals surface area contributed by atoms with Crippen molar-refractivity contribution in [1.29, 1.82) is 0 Å². The highest BCUT2D eigenvalue weighted by Crippen LogP contribution is 2.27. The minimum Gasteiger partial charge on any atom is -0.379 e. The van der Waals surface area contributed by atoms with Gasteiger partial charge in [-0.25, -0.2) is 9.78 Å². The fourth-order valence-corrected chi connectivity index (χ4v) is 3.89. The van der Waals surface area contributed by atoms with E-state index in [9.17, 15) is 14.4 Å². The Morgan fingerprint density at radius 1 is 1.24 bits per heavy atom. The van der Waals surface area contributed by atoms with E-state index in [1.807, 2.05) is 33.8 Å². The molecule has 0 aliphatic carbocycles. The maximum atomic E-state index is 13.1. The number of benzene rings is 1. The van der Waals surface area contributed by atoms with Gasteiger partial charge in [0.2, 0.25) is 5.91 Å². The molecule has 1 atom stereocenters. The quantitative estimate of drug-likeness (QED) is 0.366. The lowest BCUT2D eigenvalue weighted by Gasteiger charge is -2.21. The van der Waals surface area contributed by atoms with Gasteiger partial charge in [0, 0.05) is 13.2 Å². The van der Waals surface area contributed by atoms with Gasteiger partial charge in [-0.1, -0.05) is 37.7 Å². The predicted octanol–water partition coefficient (Wildman–Crippen LogP) is 2.52. The third-order valence-electron chi connectivity index (χ3n) is 4.15. The molecule has 0 saturated heterocycles. The molecule has 0 spiro atoms. The van der Waals surface area contributed by atoms with E-state index >= 15 is 0 Å². The third kappa shape index (κ3) is 6.30. The van der Waals surface area contributed by atoms with Crippen LogP contribution in [0, 0.1) is 5.92 Å². The second kappa shape index (κ2) is 10.4. The molecule has 29 heavy (non-hydrogen) atoms. The lowest BCUT2D eigenvalue weighted by molar-refractivity contribution is -0.120. The number of thioether (sulfide) groups is 1. The molecule has 0 aliphatic heterocycles. The number of urea groups is 1. The lowest BCUT2D eigenvalue weighted by Crippen LogP contribution is -2.42. The van der Waals surface area contributed by atoms with Crippen molar-refractivity contribution in [3.63, 3.8) is 0 Å². The molecule has 0 fully saturated rings. The van der Waals surface area contributed by atoms with Crippen molar-refractivity contribution in [2.24, 2.45) is 11.7 Å². The first-order valence-electron chi connectivity index (χ1n) is 9.58. The van der Waals surface area contributed by atoms with E-state index in [-0.39, 0.29) is 17.6 Å². The molecule has 1 aromatic heterocycles. The van der Waals surface area contributed by atoms with Crippen LogP contribution in [0.1, 0.15) is 34.1 Å². The monoisotopic (exact) mass is 420 g/mol. The van der Waals surface area contributed by atoms with E-state index in [1.54, 1.807) is 22.8 Å². The number of fused-ring (bicyclic) bond motifs is 1. The summed E-state index contributed by atoms with van der Waals surface area (Å²) in [5.74, 6) is -0.616. The predicted molar refractivity (Wildman–Crippen MR) is 114 cm³/mol. The maximum absolute atomic E-state index is 13.1. The van der Waals surface area contributed by atoms with Gasteiger partial charge in [-0.15, -0.1) is 0 Å². The fourth-order valence-electron chi connectivity index (χ4n) is 2.77. The van der Waals surface area contributed by atoms with Gasteiger partial charge in [0.05, 0.1) is 22.3 Å². The van der Waals surface area contributed by atoms with Crippen molar-refractivity contribution >= 4 is 34.6 Å². The summed E-state index contributed by atoms with van der Waals surface area (Å²) in [4.78, 5) is 41.2. The number of imide groups is 1. The van der Waals surface area contributed by atoms with E-state index < -0.39 is 17.2 Å². The zero-order chi connectivity index (χ0) is 21.6. The summed E-state index contributed by atoms with van der Waals surface area (Å²) < 4.78 is 7.15. The van der Waals surface area contributed by atoms with Crippen LogP contribution in [0.3, 0.4) is 0 Å². The highest BCUT2D eigenvalue weighted by molar-refractivity contribution is 8.00. The Morgan fingerprint density at radius 3 is 2.55 bits per heavy atom. The fraction of sp³-hybridized carbons (Fsp3) is 0.500. The van der Waals surface area contributed by atoms with Gasteiger partial charge in [-0.3, -0.25) is 19.5 Å². The van der Waals surface area contributed by atoms with E-state index in [1.165, 1.54) is 0 Å². The maximum Gasteiger partial charge on any atom is 0.318 e. The molecule has 1 aromatic carbocycles. The number of nitrogens with zero attached hydrogens (tertiary/aromatic N) is 2. The molecule has 0 saturated carbocycles. The average molecular weight is 421 g/mol. The first-order valence-corrected chi connectivity index (χ1v) is 10.5. The number of ether oxygens (including phenoxy) is 1. The number of aromatic nitrogens is 2. The zero-order valence-corrected chi connectivity index (χ0v) is 18.0. The van der Waals surface area contributed by atoms with Crippen LogP contribution < -0.4 is 16.6 Å². The Balaban J connectivity index is 2.40. The Hall–Kier alpha value is -2.39. The molecule has 8 nitrogen and oxygen atoms in total. The van der Waals surface area contributed by atoms with E-state index in [0.29, 0.717) is 35.6 Å². The van der Waals surface area contributed by atoms with Crippen molar-refractivity contribution in [2.45, 2.75) is 57.2 Å². The van der Waals surface area contributed by atoms with Crippen molar-refractivity contribution in [3.05, 3.63) is 34.6 Å². The Bertz CT molecular complexity index is 926. The summed E-state index contributed by atoms with van der Waals surface area (Å²) in [5, 5.41) is 2.44. The summed E-state index contributed by atoms with van der Waals surface area (Å²) in [7, 11) is 0. The van der Waals surface area contributed by atoms with Gasteiger partial charge in [-0.2, -0.15) is 0 Å². The minimum absolute atomic E-state index is 0.109. The number of hydrogen-bond acceptors (Lipinski definition) is 6.